The molecule has 4 heteroatoms. The average molecular weight is 318 g/mol. The molecule has 1 aliphatic rings. The molecule has 0 saturated carbocycles. The van der Waals surface area contributed by atoms with Crippen molar-refractivity contribution in [2.75, 3.05) is 6.61 Å². The Labute approximate surface area is 140 Å². The lowest BCUT2D eigenvalue weighted by atomic mass is 9.90. The normalized spacial score (nSPS) is 16.8. The molecule has 0 amide bonds. The summed E-state index contributed by atoms with van der Waals surface area (Å²) in [7, 11) is 0. The second-order valence-corrected chi connectivity index (χ2v) is 5.84. The summed E-state index contributed by atoms with van der Waals surface area (Å²) in [6.07, 6.45) is 12.2. The van der Waals surface area contributed by atoms with Crippen molar-refractivity contribution in [1.29, 1.82) is 0 Å². The van der Waals surface area contributed by atoms with E-state index in [0.717, 1.165) is 24.1 Å². The predicted octanol–water partition coefficient (Wildman–Crippen LogP) is 4.27. The first-order valence-corrected chi connectivity index (χ1v) is 8.57. The molecule has 1 aromatic heterocycles. The van der Waals surface area contributed by atoms with Gasteiger partial charge in [-0.05, 0) is 38.7 Å². The SMILES string of the molecule is CC.CC(=O)CC1C=C(c2cnn(CCOC(C)C)c2)C=CC1. The highest BCUT2D eigenvalue weighted by atomic mass is 16.5. The number of ether oxygens (including phenoxy) is 1. The molecule has 1 atom stereocenters. The number of nitrogens with zero attached hydrogens (tertiary/aromatic N) is 2. The van der Waals surface area contributed by atoms with Gasteiger partial charge < -0.3 is 9.53 Å². The molecule has 0 radical (unpaired) electrons. The van der Waals surface area contributed by atoms with Gasteiger partial charge >= 0.3 is 0 Å². The van der Waals surface area contributed by atoms with Crippen molar-refractivity contribution in [2.24, 2.45) is 5.92 Å². The summed E-state index contributed by atoms with van der Waals surface area (Å²) in [5.74, 6) is 0.558. The molecule has 0 saturated heterocycles. The first-order chi connectivity index (χ1) is 11.0. The van der Waals surface area contributed by atoms with Crippen molar-refractivity contribution in [3.63, 3.8) is 0 Å². The second kappa shape index (κ2) is 10.2. The Morgan fingerprint density at radius 1 is 1.43 bits per heavy atom. The van der Waals surface area contributed by atoms with Gasteiger partial charge in [0.1, 0.15) is 5.78 Å². The molecule has 0 fully saturated rings. The smallest absolute Gasteiger partial charge is 0.130 e. The van der Waals surface area contributed by atoms with Crippen LogP contribution in [0, 0.1) is 5.92 Å². The Morgan fingerprint density at radius 2 is 2.17 bits per heavy atom. The molecule has 128 valence electrons. The summed E-state index contributed by atoms with van der Waals surface area (Å²) in [6.45, 7) is 11.1. The first-order valence-electron chi connectivity index (χ1n) is 8.57. The van der Waals surface area contributed by atoms with Crippen LogP contribution in [0.15, 0.2) is 30.6 Å². The fourth-order valence-electron chi connectivity index (χ4n) is 2.47. The largest absolute Gasteiger partial charge is 0.377 e. The van der Waals surface area contributed by atoms with E-state index in [2.05, 4.69) is 23.3 Å². The molecule has 2 rings (SSSR count). The van der Waals surface area contributed by atoms with Crippen LogP contribution >= 0.6 is 0 Å². The van der Waals surface area contributed by atoms with E-state index < -0.39 is 0 Å². The summed E-state index contributed by atoms with van der Waals surface area (Å²) in [5.41, 5.74) is 2.26. The zero-order chi connectivity index (χ0) is 17.2. The van der Waals surface area contributed by atoms with Crippen LogP contribution in [-0.4, -0.2) is 28.3 Å². The first kappa shape index (κ1) is 19.4. The summed E-state index contributed by atoms with van der Waals surface area (Å²) in [4.78, 5) is 11.2. The summed E-state index contributed by atoms with van der Waals surface area (Å²) >= 11 is 0. The zero-order valence-corrected chi connectivity index (χ0v) is 15.1. The monoisotopic (exact) mass is 318 g/mol. The molecule has 1 unspecified atom stereocenters. The van der Waals surface area contributed by atoms with Crippen LogP contribution in [-0.2, 0) is 16.1 Å². The topological polar surface area (TPSA) is 44.1 Å². The third-order valence-electron chi connectivity index (χ3n) is 3.44. The van der Waals surface area contributed by atoms with Gasteiger partial charge in [-0.1, -0.05) is 32.1 Å². The predicted molar refractivity (Wildman–Crippen MR) is 95.2 cm³/mol. The van der Waals surface area contributed by atoms with Crippen LogP contribution in [0.2, 0.25) is 0 Å². The third-order valence-corrected chi connectivity index (χ3v) is 3.44. The second-order valence-electron chi connectivity index (χ2n) is 5.84. The van der Waals surface area contributed by atoms with E-state index in [4.69, 9.17) is 4.74 Å². The molecular formula is C19H30N2O2. The van der Waals surface area contributed by atoms with E-state index in [1.165, 1.54) is 0 Å². The maximum Gasteiger partial charge on any atom is 0.130 e. The van der Waals surface area contributed by atoms with Crippen LogP contribution in [0.1, 0.15) is 53.0 Å². The lowest BCUT2D eigenvalue weighted by Gasteiger charge is -2.14. The van der Waals surface area contributed by atoms with Gasteiger partial charge in [-0.3, -0.25) is 4.68 Å². The number of aromatic nitrogens is 2. The average Bonchev–Trinajstić information content (AvgIpc) is 2.97. The van der Waals surface area contributed by atoms with Gasteiger partial charge in [-0.25, -0.2) is 0 Å². The van der Waals surface area contributed by atoms with Crippen LogP contribution in [0.25, 0.3) is 5.57 Å². The third kappa shape index (κ3) is 6.95. The number of allylic oxidation sites excluding steroid dienone is 4. The Bertz CT molecular complexity index is 541. The van der Waals surface area contributed by atoms with Gasteiger partial charge in [-0.15, -0.1) is 0 Å². The zero-order valence-electron chi connectivity index (χ0n) is 15.1. The van der Waals surface area contributed by atoms with Crippen molar-refractivity contribution < 1.29 is 9.53 Å². The molecule has 1 aliphatic carbocycles. The maximum absolute atomic E-state index is 11.2. The fourth-order valence-corrected chi connectivity index (χ4v) is 2.47. The Morgan fingerprint density at radius 3 is 2.83 bits per heavy atom. The van der Waals surface area contributed by atoms with E-state index in [9.17, 15) is 4.79 Å². The van der Waals surface area contributed by atoms with E-state index in [0.29, 0.717) is 18.9 Å². The number of ketones is 1. The summed E-state index contributed by atoms with van der Waals surface area (Å²) < 4.78 is 7.44. The summed E-state index contributed by atoms with van der Waals surface area (Å²) in [5, 5.41) is 4.37. The van der Waals surface area contributed by atoms with Crippen molar-refractivity contribution >= 4 is 11.4 Å². The highest BCUT2D eigenvalue weighted by Gasteiger charge is 2.13. The van der Waals surface area contributed by atoms with E-state index in [-0.39, 0.29) is 11.9 Å². The van der Waals surface area contributed by atoms with Crippen LogP contribution in [0.3, 0.4) is 0 Å². The van der Waals surface area contributed by atoms with Gasteiger partial charge in [0, 0.05) is 18.2 Å². The highest BCUT2D eigenvalue weighted by Crippen LogP contribution is 2.26. The Balaban J connectivity index is 0.00000127. The minimum Gasteiger partial charge on any atom is -0.377 e. The lowest BCUT2D eigenvalue weighted by Crippen LogP contribution is -2.10. The van der Waals surface area contributed by atoms with Gasteiger partial charge in [0.25, 0.3) is 0 Å². The molecular weight excluding hydrogens is 288 g/mol. The molecule has 1 aromatic rings. The maximum atomic E-state index is 11.2. The van der Waals surface area contributed by atoms with Crippen LogP contribution in [0.5, 0.6) is 0 Å². The number of carbonyl (C=O) groups excluding carboxylic acids is 1. The van der Waals surface area contributed by atoms with Crippen molar-refractivity contribution in [3.05, 3.63) is 36.2 Å². The Hall–Kier alpha value is -1.68. The van der Waals surface area contributed by atoms with Crippen LogP contribution < -0.4 is 0 Å². The molecule has 0 bridgehead atoms. The van der Waals surface area contributed by atoms with Gasteiger partial charge in [0.05, 0.1) is 25.5 Å². The van der Waals surface area contributed by atoms with Crippen molar-refractivity contribution in [1.82, 2.24) is 9.78 Å². The van der Waals surface area contributed by atoms with E-state index in [1.54, 1.807) is 6.92 Å². The molecule has 0 spiro atoms. The molecule has 0 aromatic carbocycles. The molecule has 1 heterocycles. The molecule has 23 heavy (non-hydrogen) atoms. The number of hydrogen-bond acceptors (Lipinski definition) is 3. The highest BCUT2D eigenvalue weighted by molar-refractivity contribution is 5.78. The van der Waals surface area contributed by atoms with Gasteiger partial charge in [-0.2, -0.15) is 5.10 Å². The van der Waals surface area contributed by atoms with Crippen molar-refractivity contribution in [2.45, 2.75) is 60.1 Å². The molecule has 4 nitrogen and oxygen atoms in total. The standard InChI is InChI=1S/C17H24N2O2.C2H6/c1-13(2)21-8-7-19-12-17(11-18-19)16-6-4-5-15(10-16)9-14(3)20;1-2/h4,6,10-13,15H,5,7-9H2,1-3H3;1-2H3. The minimum absolute atomic E-state index is 0.243. The lowest BCUT2D eigenvalue weighted by molar-refractivity contribution is -0.117. The van der Waals surface area contributed by atoms with E-state index in [1.807, 2.05) is 44.8 Å². The van der Waals surface area contributed by atoms with Gasteiger partial charge in [0.2, 0.25) is 0 Å². The fraction of sp³-hybridized carbons (Fsp3) is 0.579. The minimum atomic E-state index is 0.243. The van der Waals surface area contributed by atoms with Gasteiger partial charge in [0.15, 0.2) is 0 Å². The molecule has 0 N–H and O–H groups in total. The summed E-state index contributed by atoms with van der Waals surface area (Å²) in [6, 6.07) is 0. The number of hydrogen-bond donors (Lipinski definition) is 0. The molecule has 0 aliphatic heterocycles. The Kier molecular flexibility index (Phi) is 8.56. The quantitative estimate of drug-likeness (QED) is 0.754. The van der Waals surface area contributed by atoms with Crippen molar-refractivity contribution in [3.8, 4) is 0 Å². The number of carbonyl (C=O) groups is 1. The number of Topliss-reactive ketones (excluding diaryl/α,β-unsaturated/α-hetero) is 1. The van der Waals surface area contributed by atoms with E-state index >= 15 is 0 Å². The van der Waals surface area contributed by atoms with Crippen LogP contribution in [0.4, 0.5) is 0 Å². The number of rotatable bonds is 7.